The Balaban J connectivity index is 2.10. The molecule has 1 N–H and O–H groups in total. The third kappa shape index (κ3) is 3.60. The summed E-state index contributed by atoms with van der Waals surface area (Å²) in [7, 11) is 0. The lowest BCUT2D eigenvalue weighted by atomic mass is 10.0. The van der Waals surface area contributed by atoms with Gasteiger partial charge >= 0.3 is 5.97 Å². The van der Waals surface area contributed by atoms with E-state index in [-0.39, 0.29) is 18.1 Å². The first-order chi connectivity index (χ1) is 9.61. The van der Waals surface area contributed by atoms with Crippen molar-refractivity contribution in [3.63, 3.8) is 0 Å². The molecule has 1 aromatic rings. The molecular formula is C15H25N3O2. The minimum Gasteiger partial charge on any atom is -0.465 e. The molecule has 112 valence electrons. The van der Waals surface area contributed by atoms with E-state index in [0.29, 0.717) is 13.2 Å². The van der Waals surface area contributed by atoms with Crippen LogP contribution in [0.1, 0.15) is 45.0 Å². The summed E-state index contributed by atoms with van der Waals surface area (Å²) in [6, 6.07) is -0.0704. The van der Waals surface area contributed by atoms with Gasteiger partial charge in [-0.1, -0.05) is 13.8 Å². The minimum absolute atomic E-state index is 0.181. The molecule has 0 saturated heterocycles. The Hall–Kier alpha value is -1.36. The molecule has 1 heterocycles. The summed E-state index contributed by atoms with van der Waals surface area (Å²) >= 11 is 0. The fraction of sp³-hybridized carbons (Fsp3) is 0.733. The number of nitrogens with zero attached hydrogens (tertiary/aromatic N) is 2. The van der Waals surface area contributed by atoms with Gasteiger partial charge in [0.15, 0.2) is 0 Å². The Morgan fingerprint density at radius 3 is 2.90 bits per heavy atom. The summed E-state index contributed by atoms with van der Waals surface area (Å²) in [5, 5.41) is 3.29. The molecule has 5 nitrogen and oxygen atoms in total. The van der Waals surface area contributed by atoms with Crippen molar-refractivity contribution in [1.29, 1.82) is 0 Å². The Labute approximate surface area is 120 Å². The Morgan fingerprint density at radius 2 is 2.20 bits per heavy atom. The van der Waals surface area contributed by atoms with Crippen LogP contribution in [0.5, 0.6) is 0 Å². The highest BCUT2D eigenvalue weighted by atomic mass is 16.5. The Kier molecular flexibility index (Phi) is 5.17. The average molecular weight is 279 g/mol. The lowest BCUT2D eigenvalue weighted by Gasteiger charge is -2.22. The molecule has 20 heavy (non-hydrogen) atoms. The number of imidazole rings is 1. The normalized spacial score (nSPS) is 16.0. The van der Waals surface area contributed by atoms with Crippen molar-refractivity contribution >= 4 is 5.97 Å². The molecule has 1 aliphatic rings. The molecule has 1 atom stereocenters. The minimum atomic E-state index is -0.310. The molecule has 0 saturated carbocycles. The Morgan fingerprint density at radius 1 is 1.45 bits per heavy atom. The van der Waals surface area contributed by atoms with E-state index in [0.717, 1.165) is 12.8 Å². The SMILES string of the molecule is CCOC(=O)C(Cn1cnc2c1CCCC2)NC(C)C. The first-order valence-corrected chi connectivity index (χ1v) is 7.57. The number of esters is 1. The van der Waals surface area contributed by atoms with Crippen LogP contribution in [-0.4, -0.2) is 34.2 Å². The van der Waals surface area contributed by atoms with E-state index in [2.05, 4.69) is 14.9 Å². The van der Waals surface area contributed by atoms with Gasteiger partial charge in [-0.3, -0.25) is 4.79 Å². The van der Waals surface area contributed by atoms with E-state index >= 15 is 0 Å². The van der Waals surface area contributed by atoms with Gasteiger partial charge in [-0.05, 0) is 32.6 Å². The largest absolute Gasteiger partial charge is 0.465 e. The van der Waals surface area contributed by atoms with Crippen LogP contribution < -0.4 is 5.32 Å². The lowest BCUT2D eigenvalue weighted by Crippen LogP contribution is -2.45. The first-order valence-electron chi connectivity index (χ1n) is 7.57. The van der Waals surface area contributed by atoms with Gasteiger partial charge < -0.3 is 14.6 Å². The van der Waals surface area contributed by atoms with E-state index < -0.39 is 0 Å². The lowest BCUT2D eigenvalue weighted by molar-refractivity contribution is -0.146. The maximum absolute atomic E-state index is 12.1. The molecule has 0 aliphatic heterocycles. The van der Waals surface area contributed by atoms with E-state index in [1.807, 2.05) is 27.1 Å². The molecule has 1 aromatic heterocycles. The number of aromatic nitrogens is 2. The van der Waals surface area contributed by atoms with Gasteiger partial charge in [-0.15, -0.1) is 0 Å². The second kappa shape index (κ2) is 6.88. The maximum Gasteiger partial charge on any atom is 0.324 e. The monoisotopic (exact) mass is 279 g/mol. The number of carbonyl (C=O) groups excluding carboxylic acids is 1. The molecule has 0 aromatic carbocycles. The highest BCUT2D eigenvalue weighted by Crippen LogP contribution is 2.20. The molecule has 0 amide bonds. The number of aryl methyl sites for hydroxylation is 1. The van der Waals surface area contributed by atoms with E-state index in [4.69, 9.17) is 4.74 Å². The highest BCUT2D eigenvalue weighted by Gasteiger charge is 2.23. The molecule has 5 heteroatoms. The standard InChI is InChI=1S/C15H25N3O2/c1-4-20-15(19)13(17-11(2)3)9-18-10-16-12-7-5-6-8-14(12)18/h10-11,13,17H,4-9H2,1-3H3. The highest BCUT2D eigenvalue weighted by molar-refractivity contribution is 5.75. The predicted octanol–water partition coefficient (Wildman–Crippen LogP) is 1.69. The number of ether oxygens (including phenoxy) is 1. The molecule has 0 bridgehead atoms. The third-order valence-electron chi connectivity index (χ3n) is 3.59. The van der Waals surface area contributed by atoms with E-state index in [9.17, 15) is 4.79 Å². The number of hydrogen-bond donors (Lipinski definition) is 1. The second-order valence-corrected chi connectivity index (χ2v) is 5.62. The van der Waals surface area contributed by atoms with E-state index in [1.165, 1.54) is 24.2 Å². The molecule has 0 radical (unpaired) electrons. The van der Waals surface area contributed by atoms with Crippen molar-refractivity contribution in [2.24, 2.45) is 0 Å². The van der Waals surface area contributed by atoms with Crippen LogP contribution in [0.2, 0.25) is 0 Å². The smallest absolute Gasteiger partial charge is 0.324 e. The van der Waals surface area contributed by atoms with Crippen molar-refractivity contribution in [3.8, 4) is 0 Å². The van der Waals surface area contributed by atoms with Crippen molar-refractivity contribution < 1.29 is 9.53 Å². The van der Waals surface area contributed by atoms with E-state index in [1.54, 1.807) is 0 Å². The summed E-state index contributed by atoms with van der Waals surface area (Å²) in [5.41, 5.74) is 2.49. The number of hydrogen-bond acceptors (Lipinski definition) is 4. The second-order valence-electron chi connectivity index (χ2n) is 5.62. The fourth-order valence-electron chi connectivity index (χ4n) is 2.73. The number of fused-ring (bicyclic) bond motifs is 1. The predicted molar refractivity (Wildman–Crippen MR) is 77.6 cm³/mol. The van der Waals surface area contributed by atoms with Gasteiger partial charge in [0.25, 0.3) is 0 Å². The number of carbonyl (C=O) groups is 1. The summed E-state index contributed by atoms with van der Waals surface area (Å²) < 4.78 is 7.28. The molecule has 2 rings (SSSR count). The third-order valence-corrected chi connectivity index (χ3v) is 3.59. The summed E-state index contributed by atoms with van der Waals surface area (Å²) in [4.78, 5) is 16.5. The summed E-state index contributed by atoms with van der Waals surface area (Å²) in [6.45, 7) is 6.92. The quantitative estimate of drug-likeness (QED) is 0.805. The van der Waals surface area contributed by atoms with Crippen LogP contribution in [0.25, 0.3) is 0 Å². The molecular weight excluding hydrogens is 254 g/mol. The van der Waals surface area contributed by atoms with Crippen molar-refractivity contribution in [2.45, 2.75) is 65.1 Å². The number of rotatable bonds is 6. The topological polar surface area (TPSA) is 56.2 Å². The van der Waals surface area contributed by atoms with Crippen molar-refractivity contribution in [3.05, 3.63) is 17.7 Å². The van der Waals surface area contributed by atoms with Crippen LogP contribution in [0.3, 0.4) is 0 Å². The van der Waals surface area contributed by atoms with Crippen LogP contribution in [0.15, 0.2) is 6.33 Å². The van der Waals surface area contributed by atoms with Gasteiger partial charge in [0, 0.05) is 18.3 Å². The number of nitrogens with one attached hydrogen (secondary N) is 1. The van der Waals surface area contributed by atoms with Gasteiger partial charge in [-0.25, -0.2) is 4.98 Å². The van der Waals surface area contributed by atoms with Gasteiger partial charge in [0.2, 0.25) is 0 Å². The van der Waals surface area contributed by atoms with Crippen LogP contribution in [0, 0.1) is 0 Å². The van der Waals surface area contributed by atoms with Gasteiger partial charge in [-0.2, -0.15) is 0 Å². The van der Waals surface area contributed by atoms with Crippen LogP contribution >= 0.6 is 0 Å². The van der Waals surface area contributed by atoms with Crippen LogP contribution in [-0.2, 0) is 28.9 Å². The van der Waals surface area contributed by atoms with Crippen molar-refractivity contribution in [2.75, 3.05) is 6.61 Å². The van der Waals surface area contributed by atoms with Crippen molar-refractivity contribution in [1.82, 2.24) is 14.9 Å². The zero-order valence-electron chi connectivity index (χ0n) is 12.7. The van der Waals surface area contributed by atoms with Gasteiger partial charge in [0.1, 0.15) is 6.04 Å². The molecule has 0 spiro atoms. The maximum atomic E-state index is 12.1. The zero-order valence-corrected chi connectivity index (χ0v) is 12.7. The van der Waals surface area contributed by atoms with Gasteiger partial charge in [0.05, 0.1) is 18.6 Å². The molecule has 1 unspecified atom stereocenters. The first kappa shape index (κ1) is 15.0. The molecule has 1 aliphatic carbocycles. The molecule has 0 fully saturated rings. The van der Waals surface area contributed by atoms with Crippen LogP contribution in [0.4, 0.5) is 0 Å². The Bertz CT molecular complexity index is 454. The summed E-state index contributed by atoms with van der Waals surface area (Å²) in [6.07, 6.45) is 6.41. The summed E-state index contributed by atoms with van der Waals surface area (Å²) in [5.74, 6) is -0.181. The fourth-order valence-corrected chi connectivity index (χ4v) is 2.73. The zero-order chi connectivity index (χ0) is 14.5. The average Bonchev–Trinajstić information content (AvgIpc) is 2.81.